The average Bonchev–Trinajstić information content (AvgIpc) is 2.60. The third kappa shape index (κ3) is 3.71. The van der Waals surface area contributed by atoms with Gasteiger partial charge in [-0.1, -0.05) is 31.2 Å². The summed E-state index contributed by atoms with van der Waals surface area (Å²) in [5, 5.41) is 5.32. The van der Waals surface area contributed by atoms with Crippen molar-refractivity contribution >= 4 is 16.6 Å². The van der Waals surface area contributed by atoms with Crippen LogP contribution in [0.5, 0.6) is 5.75 Å². The van der Waals surface area contributed by atoms with E-state index in [1.54, 1.807) is 0 Å². The molecule has 0 unspecified atom stereocenters. The Balaban J connectivity index is 1.87. The van der Waals surface area contributed by atoms with Crippen molar-refractivity contribution in [2.45, 2.75) is 13.3 Å². The van der Waals surface area contributed by atoms with Gasteiger partial charge in [-0.2, -0.15) is 0 Å². The normalized spacial score (nSPS) is 15.7. The smallest absolute Gasteiger partial charge is 0.177 e. The maximum atomic E-state index is 12.7. The molecule has 2 aromatic carbocycles. The number of carbonyl (C=O) groups excluding carboxylic acids is 1. The van der Waals surface area contributed by atoms with Crippen LogP contribution in [0.15, 0.2) is 36.4 Å². The number of rotatable bonds is 6. The number of ether oxygens (including phenoxy) is 1. The third-order valence-corrected chi connectivity index (χ3v) is 4.22. The van der Waals surface area contributed by atoms with Crippen LogP contribution in [0.4, 0.5) is 0 Å². The summed E-state index contributed by atoms with van der Waals surface area (Å²) in [6, 6.07) is 11.9. The van der Waals surface area contributed by atoms with E-state index < -0.39 is 0 Å². The molecule has 1 aliphatic heterocycles. The maximum absolute atomic E-state index is 12.7. The lowest BCUT2D eigenvalue weighted by molar-refractivity contribution is 0.0923. The number of Topliss-reactive ketones (excluding diaryl/α,β-unsaturated/α-hetero) is 1. The second-order valence-electron chi connectivity index (χ2n) is 5.95. The molecule has 0 aromatic heterocycles. The van der Waals surface area contributed by atoms with Crippen LogP contribution >= 0.6 is 0 Å². The van der Waals surface area contributed by atoms with Crippen LogP contribution in [-0.2, 0) is 0 Å². The van der Waals surface area contributed by atoms with E-state index in [9.17, 15) is 4.79 Å². The highest BCUT2D eigenvalue weighted by Crippen LogP contribution is 2.29. The van der Waals surface area contributed by atoms with E-state index in [1.165, 1.54) is 0 Å². The highest BCUT2D eigenvalue weighted by atomic mass is 16.5. The summed E-state index contributed by atoms with van der Waals surface area (Å²) in [6.07, 6.45) is 0.970. The third-order valence-electron chi connectivity index (χ3n) is 4.22. The standard InChI is InChI=1S/C19H24N2O2/c1-2-13-23-19-8-7-16(15-5-3-4-6-17(15)19)18(22)14-21-11-9-20-10-12-21/h3-8,20H,2,9-14H2,1H3. The van der Waals surface area contributed by atoms with Crippen LogP contribution in [0, 0.1) is 0 Å². The zero-order valence-electron chi connectivity index (χ0n) is 13.7. The summed E-state index contributed by atoms with van der Waals surface area (Å²) in [5.41, 5.74) is 0.794. The van der Waals surface area contributed by atoms with Crippen LogP contribution in [-0.4, -0.2) is 50.0 Å². The lowest BCUT2D eigenvalue weighted by atomic mass is 10.00. The number of fused-ring (bicyclic) bond motifs is 1. The molecule has 0 amide bonds. The highest BCUT2D eigenvalue weighted by Gasteiger charge is 2.17. The zero-order chi connectivity index (χ0) is 16.1. The molecule has 23 heavy (non-hydrogen) atoms. The van der Waals surface area contributed by atoms with Gasteiger partial charge in [0.15, 0.2) is 5.78 Å². The van der Waals surface area contributed by atoms with E-state index in [-0.39, 0.29) is 5.78 Å². The maximum Gasteiger partial charge on any atom is 0.177 e. The van der Waals surface area contributed by atoms with Gasteiger partial charge >= 0.3 is 0 Å². The van der Waals surface area contributed by atoms with Crippen molar-refractivity contribution in [3.8, 4) is 5.75 Å². The molecule has 1 aliphatic rings. The van der Waals surface area contributed by atoms with Gasteiger partial charge < -0.3 is 10.1 Å². The quantitative estimate of drug-likeness (QED) is 0.833. The largest absolute Gasteiger partial charge is 0.493 e. The van der Waals surface area contributed by atoms with Gasteiger partial charge in [-0.25, -0.2) is 0 Å². The minimum atomic E-state index is 0.185. The van der Waals surface area contributed by atoms with Crippen molar-refractivity contribution in [1.29, 1.82) is 0 Å². The Bertz CT molecular complexity index is 678. The van der Waals surface area contributed by atoms with Crippen LogP contribution in [0.3, 0.4) is 0 Å². The first-order valence-electron chi connectivity index (χ1n) is 8.40. The Hall–Kier alpha value is -1.91. The van der Waals surface area contributed by atoms with Crippen molar-refractivity contribution in [2.75, 3.05) is 39.3 Å². The Morgan fingerprint density at radius 3 is 2.61 bits per heavy atom. The van der Waals surface area contributed by atoms with Crippen molar-refractivity contribution in [3.63, 3.8) is 0 Å². The van der Waals surface area contributed by atoms with Crippen LogP contribution in [0.1, 0.15) is 23.7 Å². The topological polar surface area (TPSA) is 41.6 Å². The summed E-state index contributed by atoms with van der Waals surface area (Å²) in [4.78, 5) is 15.0. The van der Waals surface area contributed by atoms with Gasteiger partial charge in [-0.05, 0) is 23.9 Å². The van der Waals surface area contributed by atoms with E-state index in [4.69, 9.17) is 4.74 Å². The molecular weight excluding hydrogens is 288 g/mol. The molecule has 1 heterocycles. The number of nitrogens with zero attached hydrogens (tertiary/aromatic N) is 1. The van der Waals surface area contributed by atoms with Crippen LogP contribution in [0.2, 0.25) is 0 Å². The molecule has 122 valence electrons. The minimum Gasteiger partial charge on any atom is -0.493 e. The summed E-state index contributed by atoms with van der Waals surface area (Å²) in [5.74, 6) is 1.05. The number of carbonyl (C=O) groups is 1. The van der Waals surface area contributed by atoms with Gasteiger partial charge in [0, 0.05) is 37.1 Å². The SMILES string of the molecule is CCCOc1ccc(C(=O)CN2CCNCC2)c2ccccc12. The molecule has 0 saturated carbocycles. The minimum absolute atomic E-state index is 0.185. The van der Waals surface area contributed by atoms with E-state index >= 15 is 0 Å². The lowest BCUT2D eigenvalue weighted by Gasteiger charge is -2.26. The second kappa shape index (κ2) is 7.57. The van der Waals surface area contributed by atoms with Gasteiger partial charge in [0.1, 0.15) is 5.75 Å². The molecule has 0 radical (unpaired) electrons. The zero-order valence-corrected chi connectivity index (χ0v) is 13.7. The fourth-order valence-corrected chi connectivity index (χ4v) is 3.01. The molecule has 4 heteroatoms. The average molecular weight is 312 g/mol. The van der Waals surface area contributed by atoms with Crippen molar-refractivity contribution in [1.82, 2.24) is 10.2 Å². The molecule has 1 fully saturated rings. The molecule has 0 bridgehead atoms. The van der Waals surface area contributed by atoms with E-state index in [2.05, 4.69) is 17.1 Å². The van der Waals surface area contributed by atoms with E-state index in [0.29, 0.717) is 13.2 Å². The summed E-state index contributed by atoms with van der Waals surface area (Å²) in [7, 11) is 0. The van der Waals surface area contributed by atoms with Crippen LogP contribution < -0.4 is 10.1 Å². The van der Waals surface area contributed by atoms with Crippen molar-refractivity contribution in [2.24, 2.45) is 0 Å². The molecule has 4 nitrogen and oxygen atoms in total. The van der Waals surface area contributed by atoms with Gasteiger partial charge in [-0.3, -0.25) is 9.69 Å². The highest BCUT2D eigenvalue weighted by molar-refractivity contribution is 6.10. The molecule has 2 aromatic rings. The number of hydrogen-bond donors (Lipinski definition) is 1. The molecule has 0 spiro atoms. The lowest BCUT2D eigenvalue weighted by Crippen LogP contribution is -2.45. The number of piperazine rings is 1. The predicted molar refractivity (Wildman–Crippen MR) is 93.4 cm³/mol. The first kappa shape index (κ1) is 16.0. The Kier molecular flexibility index (Phi) is 5.26. The second-order valence-corrected chi connectivity index (χ2v) is 5.95. The van der Waals surface area contributed by atoms with Crippen molar-refractivity contribution in [3.05, 3.63) is 42.0 Å². The van der Waals surface area contributed by atoms with Gasteiger partial charge in [-0.15, -0.1) is 0 Å². The predicted octanol–water partition coefficient (Wildman–Crippen LogP) is 2.72. The Labute approximate surface area is 137 Å². The molecular formula is C19H24N2O2. The molecule has 1 N–H and O–H groups in total. The van der Waals surface area contributed by atoms with Gasteiger partial charge in [0.05, 0.1) is 13.2 Å². The van der Waals surface area contributed by atoms with Crippen LogP contribution in [0.25, 0.3) is 10.8 Å². The summed E-state index contributed by atoms with van der Waals surface area (Å²) in [6.45, 7) is 7.05. The molecule has 1 saturated heterocycles. The molecule has 0 atom stereocenters. The molecule has 0 aliphatic carbocycles. The molecule has 3 rings (SSSR count). The van der Waals surface area contributed by atoms with Crippen molar-refractivity contribution < 1.29 is 9.53 Å². The first-order chi connectivity index (χ1) is 11.3. The van der Waals surface area contributed by atoms with E-state index in [0.717, 1.165) is 54.7 Å². The number of ketones is 1. The number of hydrogen-bond acceptors (Lipinski definition) is 4. The Morgan fingerprint density at radius 1 is 1.13 bits per heavy atom. The number of nitrogens with one attached hydrogen (secondary N) is 1. The summed E-state index contributed by atoms with van der Waals surface area (Å²) < 4.78 is 5.82. The number of benzene rings is 2. The summed E-state index contributed by atoms with van der Waals surface area (Å²) >= 11 is 0. The van der Waals surface area contributed by atoms with Gasteiger partial charge in [0.2, 0.25) is 0 Å². The monoisotopic (exact) mass is 312 g/mol. The fraction of sp³-hybridized carbons (Fsp3) is 0.421. The van der Waals surface area contributed by atoms with Gasteiger partial charge in [0.25, 0.3) is 0 Å². The fourth-order valence-electron chi connectivity index (χ4n) is 3.01. The Morgan fingerprint density at radius 2 is 1.87 bits per heavy atom. The van der Waals surface area contributed by atoms with E-state index in [1.807, 2.05) is 36.4 Å². The first-order valence-corrected chi connectivity index (χ1v) is 8.40.